The number of thiazole rings is 1. The van der Waals surface area contributed by atoms with Crippen molar-refractivity contribution in [1.29, 1.82) is 0 Å². The van der Waals surface area contributed by atoms with E-state index in [1.807, 2.05) is 16.5 Å². The van der Waals surface area contributed by atoms with Gasteiger partial charge >= 0.3 is 0 Å². The number of carbonyl (C=O) groups is 1. The van der Waals surface area contributed by atoms with Crippen LogP contribution in [0.5, 0.6) is 0 Å². The first kappa shape index (κ1) is 13.6. The molecule has 22 heavy (non-hydrogen) atoms. The summed E-state index contributed by atoms with van der Waals surface area (Å²) in [4.78, 5) is 21.3. The van der Waals surface area contributed by atoms with Gasteiger partial charge in [0.25, 0.3) is 5.91 Å². The Labute approximate surface area is 132 Å². The van der Waals surface area contributed by atoms with Crippen LogP contribution in [0.1, 0.15) is 29.6 Å². The van der Waals surface area contributed by atoms with Crippen molar-refractivity contribution >= 4 is 22.4 Å². The van der Waals surface area contributed by atoms with Crippen LogP contribution in [0.25, 0.3) is 0 Å². The summed E-state index contributed by atoms with van der Waals surface area (Å²) in [5, 5.41) is 10.7. The van der Waals surface area contributed by atoms with Crippen molar-refractivity contribution in [1.82, 2.24) is 20.1 Å². The summed E-state index contributed by atoms with van der Waals surface area (Å²) >= 11 is 1.70. The molecular formula is C15H17N5OS. The Morgan fingerprint density at radius 1 is 1.14 bits per heavy atom. The van der Waals surface area contributed by atoms with E-state index < -0.39 is 0 Å². The average Bonchev–Trinajstić information content (AvgIpc) is 3.08. The van der Waals surface area contributed by atoms with Crippen LogP contribution in [0.4, 0.5) is 5.13 Å². The van der Waals surface area contributed by atoms with Crippen molar-refractivity contribution < 1.29 is 4.79 Å². The molecule has 0 bridgehead atoms. The van der Waals surface area contributed by atoms with Gasteiger partial charge in [0.1, 0.15) is 0 Å². The highest BCUT2D eigenvalue weighted by molar-refractivity contribution is 7.13. The molecule has 4 rings (SSSR count). The molecular weight excluding hydrogens is 298 g/mol. The lowest BCUT2D eigenvalue weighted by atomic mass is 9.76. The molecule has 2 aromatic heterocycles. The zero-order valence-corrected chi connectivity index (χ0v) is 13.0. The first-order chi connectivity index (χ1) is 10.8. The Bertz CT molecular complexity index is 652. The molecule has 6 nitrogen and oxygen atoms in total. The number of anilines is 1. The molecule has 4 heterocycles. The highest BCUT2D eigenvalue weighted by atomic mass is 32.1. The Balaban J connectivity index is 1.44. The lowest BCUT2D eigenvalue weighted by Gasteiger charge is -2.56. The van der Waals surface area contributed by atoms with Gasteiger partial charge in [-0.1, -0.05) is 0 Å². The van der Waals surface area contributed by atoms with Gasteiger partial charge < -0.3 is 9.80 Å². The van der Waals surface area contributed by atoms with Gasteiger partial charge in [-0.05, 0) is 25.3 Å². The minimum absolute atomic E-state index is 0.0601. The topological polar surface area (TPSA) is 62.2 Å². The van der Waals surface area contributed by atoms with E-state index in [1.54, 1.807) is 23.6 Å². The van der Waals surface area contributed by atoms with Gasteiger partial charge in [-0.2, -0.15) is 10.2 Å². The summed E-state index contributed by atoms with van der Waals surface area (Å²) in [6.07, 6.45) is 8.19. The monoisotopic (exact) mass is 315 g/mol. The number of likely N-dealkylation sites (tertiary alicyclic amines) is 1. The maximum atomic E-state index is 12.5. The van der Waals surface area contributed by atoms with Crippen LogP contribution in [0.2, 0.25) is 0 Å². The third-order valence-corrected chi connectivity index (χ3v) is 5.63. The van der Waals surface area contributed by atoms with Crippen LogP contribution >= 0.6 is 11.3 Å². The van der Waals surface area contributed by atoms with E-state index in [0.717, 1.165) is 37.6 Å². The SMILES string of the molecule is O=C(c1ccnnc1)N1CCC2(CC1)CCN2c1nccs1. The van der Waals surface area contributed by atoms with Gasteiger partial charge in [-0.15, -0.1) is 11.3 Å². The van der Waals surface area contributed by atoms with Gasteiger partial charge in [0.05, 0.1) is 18.0 Å². The first-order valence-corrected chi connectivity index (χ1v) is 8.40. The summed E-state index contributed by atoms with van der Waals surface area (Å²) < 4.78 is 0. The van der Waals surface area contributed by atoms with Crippen molar-refractivity contribution in [3.63, 3.8) is 0 Å². The van der Waals surface area contributed by atoms with Gasteiger partial charge in [-0.3, -0.25) is 4.79 Å². The number of piperidine rings is 1. The molecule has 1 amide bonds. The van der Waals surface area contributed by atoms with Crippen molar-refractivity contribution in [2.45, 2.75) is 24.8 Å². The maximum absolute atomic E-state index is 12.5. The summed E-state index contributed by atoms with van der Waals surface area (Å²) in [6.45, 7) is 2.67. The molecule has 114 valence electrons. The molecule has 2 aliphatic rings. The number of hydrogen-bond donors (Lipinski definition) is 0. The third-order valence-electron chi connectivity index (χ3n) is 4.84. The second-order valence-corrected chi connectivity index (χ2v) is 6.74. The van der Waals surface area contributed by atoms with Crippen LogP contribution in [0, 0.1) is 0 Å². The molecule has 0 atom stereocenters. The lowest BCUT2D eigenvalue weighted by Crippen LogP contribution is -2.64. The number of carbonyl (C=O) groups excluding carboxylic acids is 1. The number of hydrogen-bond acceptors (Lipinski definition) is 6. The van der Waals surface area contributed by atoms with Gasteiger partial charge in [0.15, 0.2) is 5.13 Å². The van der Waals surface area contributed by atoms with Crippen molar-refractivity contribution in [2.24, 2.45) is 0 Å². The van der Waals surface area contributed by atoms with Crippen molar-refractivity contribution in [3.8, 4) is 0 Å². The second kappa shape index (κ2) is 5.31. The fourth-order valence-electron chi connectivity index (χ4n) is 3.43. The molecule has 0 aromatic carbocycles. The van der Waals surface area contributed by atoms with Crippen LogP contribution < -0.4 is 4.90 Å². The summed E-state index contributed by atoms with van der Waals surface area (Å²) in [5.74, 6) is 0.0601. The largest absolute Gasteiger partial charge is 0.342 e. The molecule has 2 aromatic rings. The van der Waals surface area contributed by atoms with E-state index in [0.29, 0.717) is 5.56 Å². The molecule has 0 N–H and O–H groups in total. The van der Waals surface area contributed by atoms with E-state index >= 15 is 0 Å². The fraction of sp³-hybridized carbons (Fsp3) is 0.467. The van der Waals surface area contributed by atoms with E-state index in [4.69, 9.17) is 0 Å². The zero-order valence-electron chi connectivity index (χ0n) is 12.2. The lowest BCUT2D eigenvalue weighted by molar-refractivity contribution is 0.0613. The van der Waals surface area contributed by atoms with Crippen molar-refractivity contribution in [2.75, 3.05) is 24.5 Å². The second-order valence-electron chi connectivity index (χ2n) is 5.86. The molecule has 0 saturated carbocycles. The number of amides is 1. The summed E-state index contributed by atoms with van der Waals surface area (Å²) in [7, 11) is 0. The predicted molar refractivity (Wildman–Crippen MR) is 84.0 cm³/mol. The minimum atomic E-state index is 0.0601. The van der Waals surface area contributed by atoms with E-state index in [1.165, 1.54) is 12.6 Å². The Hall–Kier alpha value is -2.02. The first-order valence-electron chi connectivity index (χ1n) is 7.52. The smallest absolute Gasteiger partial charge is 0.255 e. The Morgan fingerprint density at radius 3 is 2.55 bits per heavy atom. The van der Waals surface area contributed by atoms with Crippen LogP contribution in [-0.2, 0) is 0 Å². The van der Waals surface area contributed by atoms with E-state index in [9.17, 15) is 4.79 Å². The van der Waals surface area contributed by atoms with Gasteiger partial charge in [0.2, 0.25) is 0 Å². The molecule has 2 aliphatic heterocycles. The van der Waals surface area contributed by atoms with Crippen molar-refractivity contribution in [3.05, 3.63) is 35.6 Å². The maximum Gasteiger partial charge on any atom is 0.255 e. The minimum Gasteiger partial charge on any atom is -0.342 e. The highest BCUT2D eigenvalue weighted by Crippen LogP contribution is 2.43. The molecule has 2 fully saturated rings. The zero-order chi connectivity index (χ0) is 15.0. The summed E-state index contributed by atoms with van der Waals surface area (Å²) in [5.41, 5.74) is 0.835. The Morgan fingerprint density at radius 2 is 1.95 bits per heavy atom. The molecule has 1 spiro atoms. The molecule has 0 unspecified atom stereocenters. The van der Waals surface area contributed by atoms with Gasteiger partial charge in [-0.25, -0.2) is 4.98 Å². The molecule has 7 heteroatoms. The van der Waals surface area contributed by atoms with Gasteiger partial charge in [0, 0.05) is 36.8 Å². The number of nitrogens with zero attached hydrogens (tertiary/aromatic N) is 5. The fourth-order valence-corrected chi connectivity index (χ4v) is 4.21. The number of rotatable bonds is 2. The standard InChI is InChI=1S/C15H17N5OS/c21-13(12-1-5-17-18-11-12)19-7-2-15(3-8-19)4-9-20(15)14-16-6-10-22-14/h1,5-6,10-11H,2-4,7-9H2. The normalized spacial score (nSPS) is 20.0. The van der Waals surface area contributed by atoms with Crippen LogP contribution in [0.3, 0.4) is 0 Å². The average molecular weight is 315 g/mol. The third kappa shape index (κ3) is 2.16. The van der Waals surface area contributed by atoms with Crippen LogP contribution in [0.15, 0.2) is 30.0 Å². The Kier molecular flexibility index (Phi) is 3.29. The molecule has 2 saturated heterocycles. The highest BCUT2D eigenvalue weighted by Gasteiger charge is 2.48. The molecule has 0 radical (unpaired) electrons. The van der Waals surface area contributed by atoms with Crippen LogP contribution in [-0.4, -0.2) is 51.2 Å². The predicted octanol–water partition coefficient (Wildman–Crippen LogP) is 1.82. The van der Waals surface area contributed by atoms with E-state index in [2.05, 4.69) is 20.1 Å². The van der Waals surface area contributed by atoms with E-state index in [-0.39, 0.29) is 11.4 Å². The quantitative estimate of drug-likeness (QED) is 0.846. The number of aromatic nitrogens is 3. The molecule has 0 aliphatic carbocycles. The summed E-state index contributed by atoms with van der Waals surface area (Å²) in [6, 6.07) is 1.73.